The van der Waals surface area contributed by atoms with Gasteiger partial charge in [0.25, 0.3) is 5.91 Å². The molecule has 33 heavy (non-hydrogen) atoms. The summed E-state index contributed by atoms with van der Waals surface area (Å²) in [5.74, 6) is -0.144. The van der Waals surface area contributed by atoms with Crippen molar-refractivity contribution in [1.82, 2.24) is 15.3 Å². The number of amides is 1. The van der Waals surface area contributed by atoms with E-state index in [2.05, 4.69) is 9.97 Å². The summed E-state index contributed by atoms with van der Waals surface area (Å²) in [6.45, 7) is 7.69. The van der Waals surface area contributed by atoms with Gasteiger partial charge in [-0.1, -0.05) is 26.0 Å². The van der Waals surface area contributed by atoms with Gasteiger partial charge in [-0.2, -0.15) is 13.2 Å². The molecule has 0 fully saturated rings. The molecular formula is C24H30F3N3O3. The number of aliphatic hydroxyl groups excluding tert-OH is 1. The third-order valence-corrected chi connectivity index (χ3v) is 5.53. The van der Waals surface area contributed by atoms with Crippen LogP contribution >= 0.6 is 0 Å². The molecular weight excluding hydrogens is 435 g/mol. The van der Waals surface area contributed by atoms with E-state index >= 15 is 0 Å². The summed E-state index contributed by atoms with van der Waals surface area (Å²) in [7, 11) is 1.35. The first kappa shape index (κ1) is 26.2. The minimum Gasteiger partial charge on any atom is -0.496 e. The number of H-pyrrole nitrogens is 1. The largest absolute Gasteiger partial charge is 0.496 e. The fourth-order valence-corrected chi connectivity index (χ4v) is 3.20. The third kappa shape index (κ3) is 6.47. The van der Waals surface area contributed by atoms with Gasteiger partial charge in [-0.25, -0.2) is 4.98 Å². The molecule has 1 aromatic heterocycles. The van der Waals surface area contributed by atoms with Gasteiger partial charge in [0.2, 0.25) is 0 Å². The number of methoxy groups -OCH3 is 1. The summed E-state index contributed by atoms with van der Waals surface area (Å²) in [4.78, 5) is 19.9. The summed E-state index contributed by atoms with van der Waals surface area (Å²) >= 11 is 0. The zero-order valence-electron chi connectivity index (χ0n) is 19.6. The smallest absolute Gasteiger partial charge is 0.405 e. The van der Waals surface area contributed by atoms with E-state index in [-0.39, 0.29) is 11.3 Å². The van der Waals surface area contributed by atoms with Crippen LogP contribution in [0.1, 0.15) is 49.4 Å². The molecule has 0 bridgehead atoms. The Kier molecular flexibility index (Phi) is 8.13. The van der Waals surface area contributed by atoms with Crippen molar-refractivity contribution in [3.63, 3.8) is 0 Å². The lowest BCUT2D eigenvalue weighted by atomic mass is 9.79. The summed E-state index contributed by atoms with van der Waals surface area (Å²) < 4.78 is 42.7. The highest BCUT2D eigenvalue weighted by Gasteiger charge is 2.29. The van der Waals surface area contributed by atoms with E-state index in [4.69, 9.17) is 4.74 Å². The Morgan fingerprint density at radius 2 is 2.00 bits per heavy atom. The van der Waals surface area contributed by atoms with Crippen molar-refractivity contribution in [3.05, 3.63) is 53.0 Å². The molecule has 0 radical (unpaired) electrons. The van der Waals surface area contributed by atoms with Crippen LogP contribution in [0.2, 0.25) is 0 Å². The first-order valence-corrected chi connectivity index (χ1v) is 10.4. The number of carbonyl (C=O) groups is 1. The van der Waals surface area contributed by atoms with E-state index in [1.165, 1.54) is 7.11 Å². The number of aromatic amines is 1. The molecule has 0 aliphatic carbocycles. The van der Waals surface area contributed by atoms with Crippen LogP contribution < -0.4 is 10.1 Å². The maximum Gasteiger partial charge on any atom is 0.405 e. The van der Waals surface area contributed by atoms with Gasteiger partial charge in [0.15, 0.2) is 0 Å². The minimum absolute atomic E-state index is 0.0409. The highest BCUT2D eigenvalue weighted by molar-refractivity contribution is 5.99. The van der Waals surface area contributed by atoms with Crippen molar-refractivity contribution in [2.45, 2.75) is 46.9 Å². The maximum absolute atomic E-state index is 12.5. The van der Waals surface area contributed by atoms with Crippen molar-refractivity contribution in [1.29, 1.82) is 0 Å². The van der Waals surface area contributed by atoms with Crippen LogP contribution in [0.15, 0.2) is 36.1 Å². The van der Waals surface area contributed by atoms with Crippen LogP contribution in [-0.2, 0) is 0 Å². The number of rotatable bonds is 8. The number of imidazole rings is 1. The molecule has 1 atom stereocenters. The fourth-order valence-electron chi connectivity index (χ4n) is 3.20. The second kappa shape index (κ2) is 10.2. The lowest BCUT2D eigenvalue weighted by Crippen LogP contribution is -2.34. The van der Waals surface area contributed by atoms with E-state index in [0.29, 0.717) is 22.6 Å². The van der Waals surface area contributed by atoms with Crippen molar-refractivity contribution >= 4 is 12.0 Å². The Morgan fingerprint density at radius 1 is 1.33 bits per heavy atom. The van der Waals surface area contributed by atoms with Crippen molar-refractivity contribution in [2.24, 2.45) is 5.41 Å². The van der Waals surface area contributed by atoms with Gasteiger partial charge in [-0.05, 0) is 50.1 Å². The number of aliphatic hydroxyl groups is 1. The van der Waals surface area contributed by atoms with E-state index in [1.807, 2.05) is 44.3 Å². The van der Waals surface area contributed by atoms with E-state index < -0.39 is 30.1 Å². The molecule has 1 aromatic carbocycles. The summed E-state index contributed by atoms with van der Waals surface area (Å²) in [5, 5.41) is 12.0. The van der Waals surface area contributed by atoms with Crippen molar-refractivity contribution in [2.75, 3.05) is 13.7 Å². The molecule has 2 aromatic rings. The van der Waals surface area contributed by atoms with Crippen LogP contribution in [0.25, 0.3) is 17.3 Å². The minimum atomic E-state index is -4.51. The van der Waals surface area contributed by atoms with Gasteiger partial charge in [-0.3, -0.25) is 4.79 Å². The molecule has 180 valence electrons. The molecule has 0 spiro atoms. The molecule has 1 heterocycles. The molecule has 0 saturated heterocycles. The predicted molar refractivity (Wildman–Crippen MR) is 122 cm³/mol. The number of alkyl halides is 3. The summed E-state index contributed by atoms with van der Waals surface area (Å²) in [6.07, 6.45) is 2.17. The molecule has 0 saturated carbocycles. The van der Waals surface area contributed by atoms with Crippen LogP contribution in [0.3, 0.4) is 0 Å². The first-order chi connectivity index (χ1) is 15.3. The second-order valence-corrected chi connectivity index (χ2v) is 8.35. The molecule has 0 aliphatic rings. The molecule has 1 amide bonds. The first-order valence-electron chi connectivity index (χ1n) is 10.4. The Balaban J connectivity index is 2.41. The highest BCUT2D eigenvalue weighted by atomic mass is 19.4. The van der Waals surface area contributed by atoms with Crippen LogP contribution in [0, 0.1) is 12.3 Å². The quantitative estimate of drug-likeness (QED) is 0.476. The van der Waals surface area contributed by atoms with Gasteiger partial charge < -0.3 is 20.1 Å². The summed E-state index contributed by atoms with van der Waals surface area (Å²) in [5.41, 5.74) is 2.17. The van der Waals surface area contributed by atoms with Gasteiger partial charge in [0, 0.05) is 11.0 Å². The van der Waals surface area contributed by atoms with Crippen LogP contribution in [-0.4, -0.2) is 46.9 Å². The number of carbonyl (C=O) groups excluding carboxylic acids is 1. The van der Waals surface area contributed by atoms with Gasteiger partial charge >= 0.3 is 6.18 Å². The zero-order valence-corrected chi connectivity index (χ0v) is 19.6. The standard InChI is InChI=1S/C24H30F3N3O3/c1-7-8-17(23(4,5)15(3)31)11-20-28-12-18(30-20)16-9-14(2)21(19(10-16)33-6)22(32)29-13-24(25,26)27/h7-12,15,31H,13H2,1-6H3,(H,28,30)(H,29,32)/b8-7-,17-11+. The normalized spacial score (nSPS) is 13.9. The SMILES string of the molecule is C/C=C\C(=C/c1ncc(-c2cc(C)c(C(=O)NCC(F)(F)F)c(OC)c2)[nH]1)C(C)(C)C(C)O. The number of hydrogen-bond donors (Lipinski definition) is 3. The number of ether oxygens (including phenoxy) is 1. The summed E-state index contributed by atoms with van der Waals surface area (Å²) in [6, 6.07) is 3.25. The van der Waals surface area contributed by atoms with Crippen LogP contribution in [0.5, 0.6) is 5.75 Å². The van der Waals surface area contributed by atoms with Gasteiger partial charge in [-0.15, -0.1) is 0 Å². The highest BCUT2D eigenvalue weighted by Crippen LogP contribution is 2.34. The monoisotopic (exact) mass is 465 g/mol. The average molecular weight is 466 g/mol. The number of benzene rings is 1. The number of nitrogens with one attached hydrogen (secondary N) is 2. The fraction of sp³-hybridized carbons (Fsp3) is 0.417. The molecule has 6 nitrogen and oxygen atoms in total. The Labute approximate surface area is 191 Å². The number of aromatic nitrogens is 2. The van der Waals surface area contributed by atoms with Gasteiger partial charge in [0.1, 0.15) is 18.1 Å². The van der Waals surface area contributed by atoms with Crippen molar-refractivity contribution in [3.8, 4) is 17.0 Å². The number of allylic oxidation sites excluding steroid dienone is 2. The average Bonchev–Trinajstić information content (AvgIpc) is 3.19. The molecule has 1 unspecified atom stereocenters. The molecule has 3 N–H and O–H groups in total. The molecule has 0 aliphatic heterocycles. The Bertz CT molecular complexity index is 1050. The Morgan fingerprint density at radius 3 is 2.55 bits per heavy atom. The van der Waals surface area contributed by atoms with E-state index in [1.54, 1.807) is 32.2 Å². The van der Waals surface area contributed by atoms with E-state index in [0.717, 1.165) is 5.57 Å². The zero-order chi connectivity index (χ0) is 25.0. The molecule has 9 heteroatoms. The number of halogens is 3. The number of hydrogen-bond acceptors (Lipinski definition) is 4. The Hall–Kier alpha value is -3.07. The number of aryl methyl sites for hydroxylation is 1. The van der Waals surface area contributed by atoms with E-state index in [9.17, 15) is 23.1 Å². The van der Waals surface area contributed by atoms with Crippen LogP contribution in [0.4, 0.5) is 13.2 Å². The van der Waals surface area contributed by atoms with Crippen molar-refractivity contribution < 1.29 is 27.8 Å². The topological polar surface area (TPSA) is 87.2 Å². The predicted octanol–water partition coefficient (Wildman–Crippen LogP) is 5.05. The lowest BCUT2D eigenvalue weighted by molar-refractivity contribution is -0.123. The second-order valence-electron chi connectivity index (χ2n) is 8.35. The lowest BCUT2D eigenvalue weighted by Gasteiger charge is -2.29. The molecule has 2 rings (SSSR count). The maximum atomic E-state index is 12.5. The van der Waals surface area contributed by atoms with Gasteiger partial charge in [0.05, 0.1) is 30.7 Å². The third-order valence-electron chi connectivity index (χ3n) is 5.53. The number of nitrogens with zero attached hydrogens (tertiary/aromatic N) is 1.